The molecule has 2 atom stereocenters. The van der Waals surface area contributed by atoms with E-state index in [1.54, 1.807) is 17.3 Å². The molecule has 1 aromatic heterocycles. The molecule has 1 saturated carbocycles. The second-order valence-corrected chi connectivity index (χ2v) is 5.86. The van der Waals surface area contributed by atoms with Gasteiger partial charge in [0, 0.05) is 6.20 Å². The highest BCUT2D eigenvalue weighted by Crippen LogP contribution is 2.35. The number of aromatic nitrogens is 2. The van der Waals surface area contributed by atoms with Crippen LogP contribution in [0.5, 0.6) is 0 Å². The molecule has 0 radical (unpaired) electrons. The molecule has 1 aliphatic carbocycles. The van der Waals surface area contributed by atoms with Gasteiger partial charge in [-0.15, -0.1) is 0 Å². The summed E-state index contributed by atoms with van der Waals surface area (Å²) in [5.41, 5.74) is 1.56. The number of rotatable bonds is 4. The predicted octanol–water partition coefficient (Wildman–Crippen LogP) is 0.801. The fourth-order valence-electron chi connectivity index (χ4n) is 2.80. The Labute approximate surface area is 124 Å². The smallest absolute Gasteiger partial charge is 0.246 e. The Morgan fingerprint density at radius 1 is 1.29 bits per heavy atom. The van der Waals surface area contributed by atoms with Crippen LogP contribution in [0.1, 0.15) is 37.6 Å². The standard InChI is InChI=1S/C15H20N4O2/c1-3-12-14(20)18-13(10-4-5-10)15(21)19(12)8-11-7-16-9(2)6-17-11/h6-7,10,12-13H,3-5,8H2,1-2H3,(H,18,20). The quantitative estimate of drug-likeness (QED) is 0.889. The summed E-state index contributed by atoms with van der Waals surface area (Å²) in [6.07, 6.45) is 6.00. The number of aryl methyl sites for hydroxylation is 1. The van der Waals surface area contributed by atoms with Gasteiger partial charge >= 0.3 is 0 Å². The topological polar surface area (TPSA) is 75.2 Å². The van der Waals surface area contributed by atoms with Crippen molar-refractivity contribution in [3.05, 3.63) is 23.8 Å². The Balaban J connectivity index is 1.82. The lowest BCUT2D eigenvalue weighted by Gasteiger charge is -2.38. The van der Waals surface area contributed by atoms with E-state index in [9.17, 15) is 9.59 Å². The fourth-order valence-corrected chi connectivity index (χ4v) is 2.80. The van der Waals surface area contributed by atoms with Crippen LogP contribution >= 0.6 is 0 Å². The lowest BCUT2D eigenvalue weighted by Crippen LogP contribution is -2.63. The lowest BCUT2D eigenvalue weighted by atomic mass is 10.0. The Hall–Kier alpha value is -1.98. The number of hydrogen-bond acceptors (Lipinski definition) is 4. The molecule has 1 aliphatic heterocycles. The van der Waals surface area contributed by atoms with Gasteiger partial charge in [0.15, 0.2) is 0 Å². The molecule has 0 aromatic carbocycles. The van der Waals surface area contributed by atoms with Gasteiger partial charge in [-0.3, -0.25) is 19.6 Å². The van der Waals surface area contributed by atoms with Crippen LogP contribution in [0.4, 0.5) is 0 Å². The molecule has 0 bridgehead atoms. The summed E-state index contributed by atoms with van der Waals surface area (Å²) in [5.74, 6) is 0.284. The molecule has 3 rings (SSSR count). The molecule has 112 valence electrons. The third-order valence-corrected chi connectivity index (χ3v) is 4.17. The van der Waals surface area contributed by atoms with Crippen LogP contribution in [0.25, 0.3) is 0 Å². The number of carbonyl (C=O) groups excluding carboxylic acids is 2. The molecule has 6 heteroatoms. The number of nitrogens with one attached hydrogen (secondary N) is 1. The van der Waals surface area contributed by atoms with Gasteiger partial charge in [0.05, 0.1) is 24.1 Å². The van der Waals surface area contributed by atoms with Crippen LogP contribution in [0.3, 0.4) is 0 Å². The summed E-state index contributed by atoms with van der Waals surface area (Å²) in [4.78, 5) is 35.1. The molecule has 1 saturated heterocycles. The lowest BCUT2D eigenvalue weighted by molar-refractivity contribution is -0.150. The summed E-state index contributed by atoms with van der Waals surface area (Å²) in [5, 5.41) is 2.89. The largest absolute Gasteiger partial charge is 0.342 e. The average molecular weight is 288 g/mol. The molecule has 0 spiro atoms. The number of piperazine rings is 1. The van der Waals surface area contributed by atoms with Gasteiger partial charge in [-0.25, -0.2) is 0 Å². The van der Waals surface area contributed by atoms with E-state index in [1.165, 1.54) is 0 Å². The maximum Gasteiger partial charge on any atom is 0.246 e. The molecule has 2 aliphatic rings. The summed E-state index contributed by atoms with van der Waals surface area (Å²) >= 11 is 0. The first-order chi connectivity index (χ1) is 10.1. The van der Waals surface area contributed by atoms with Gasteiger partial charge < -0.3 is 10.2 Å². The van der Waals surface area contributed by atoms with Gasteiger partial charge in [-0.1, -0.05) is 6.92 Å². The summed E-state index contributed by atoms with van der Waals surface area (Å²) in [6.45, 7) is 4.14. The molecule has 21 heavy (non-hydrogen) atoms. The molecule has 1 N–H and O–H groups in total. The molecule has 1 aromatic rings. The van der Waals surface area contributed by atoms with Gasteiger partial charge in [-0.05, 0) is 32.1 Å². The average Bonchev–Trinajstić information content (AvgIpc) is 3.29. The zero-order valence-electron chi connectivity index (χ0n) is 12.4. The SMILES string of the molecule is CCC1C(=O)NC(C2CC2)C(=O)N1Cc1cnc(C)cn1. The van der Waals surface area contributed by atoms with Crippen molar-refractivity contribution >= 4 is 11.8 Å². The molecule has 6 nitrogen and oxygen atoms in total. The Kier molecular flexibility index (Phi) is 3.61. The molecular weight excluding hydrogens is 268 g/mol. The van der Waals surface area contributed by atoms with Crippen LogP contribution in [0.15, 0.2) is 12.4 Å². The monoisotopic (exact) mass is 288 g/mol. The second-order valence-electron chi connectivity index (χ2n) is 5.86. The maximum atomic E-state index is 12.7. The Morgan fingerprint density at radius 3 is 2.62 bits per heavy atom. The third-order valence-electron chi connectivity index (χ3n) is 4.17. The van der Waals surface area contributed by atoms with Crippen molar-refractivity contribution in [3.63, 3.8) is 0 Å². The van der Waals surface area contributed by atoms with Crippen molar-refractivity contribution < 1.29 is 9.59 Å². The first kappa shape index (κ1) is 14.0. The first-order valence-electron chi connectivity index (χ1n) is 7.48. The van der Waals surface area contributed by atoms with E-state index in [4.69, 9.17) is 0 Å². The van der Waals surface area contributed by atoms with Crippen molar-refractivity contribution in [3.8, 4) is 0 Å². The first-order valence-corrected chi connectivity index (χ1v) is 7.48. The molecule has 2 unspecified atom stereocenters. The Morgan fingerprint density at radius 2 is 2.05 bits per heavy atom. The minimum atomic E-state index is -0.407. The van der Waals surface area contributed by atoms with E-state index in [2.05, 4.69) is 15.3 Å². The molecule has 2 fully saturated rings. The third kappa shape index (κ3) is 2.75. The zero-order valence-corrected chi connectivity index (χ0v) is 12.4. The second kappa shape index (κ2) is 5.42. The number of amides is 2. The maximum absolute atomic E-state index is 12.7. The van der Waals surface area contributed by atoms with Gasteiger partial charge in [-0.2, -0.15) is 0 Å². The van der Waals surface area contributed by atoms with Gasteiger partial charge in [0.1, 0.15) is 12.1 Å². The van der Waals surface area contributed by atoms with E-state index in [0.717, 1.165) is 24.2 Å². The number of hydrogen-bond donors (Lipinski definition) is 1. The van der Waals surface area contributed by atoms with E-state index in [0.29, 0.717) is 18.9 Å². The highest BCUT2D eigenvalue weighted by atomic mass is 16.2. The van der Waals surface area contributed by atoms with Crippen LogP contribution in [-0.2, 0) is 16.1 Å². The van der Waals surface area contributed by atoms with E-state index >= 15 is 0 Å². The summed E-state index contributed by atoms with van der Waals surface area (Å²) in [7, 11) is 0. The van der Waals surface area contributed by atoms with Crippen LogP contribution in [0, 0.1) is 12.8 Å². The number of carbonyl (C=O) groups is 2. The highest BCUT2D eigenvalue weighted by Gasteiger charge is 2.46. The summed E-state index contributed by atoms with van der Waals surface area (Å²) < 4.78 is 0. The van der Waals surface area contributed by atoms with Crippen molar-refractivity contribution in [2.24, 2.45) is 5.92 Å². The summed E-state index contributed by atoms with van der Waals surface area (Å²) in [6, 6.07) is -0.755. The van der Waals surface area contributed by atoms with Crippen LogP contribution in [0.2, 0.25) is 0 Å². The van der Waals surface area contributed by atoms with Gasteiger partial charge in [0.25, 0.3) is 0 Å². The van der Waals surface area contributed by atoms with Crippen molar-refractivity contribution in [1.29, 1.82) is 0 Å². The number of nitrogens with zero attached hydrogens (tertiary/aromatic N) is 3. The van der Waals surface area contributed by atoms with E-state index < -0.39 is 6.04 Å². The van der Waals surface area contributed by atoms with Crippen molar-refractivity contribution in [2.45, 2.75) is 51.7 Å². The van der Waals surface area contributed by atoms with Crippen LogP contribution < -0.4 is 5.32 Å². The highest BCUT2D eigenvalue weighted by molar-refractivity contribution is 5.97. The zero-order chi connectivity index (χ0) is 15.0. The minimum Gasteiger partial charge on any atom is -0.342 e. The van der Waals surface area contributed by atoms with E-state index in [1.807, 2.05) is 13.8 Å². The fraction of sp³-hybridized carbons (Fsp3) is 0.600. The van der Waals surface area contributed by atoms with Gasteiger partial charge in [0.2, 0.25) is 11.8 Å². The normalized spacial score (nSPS) is 25.9. The van der Waals surface area contributed by atoms with E-state index in [-0.39, 0.29) is 17.9 Å². The predicted molar refractivity (Wildman–Crippen MR) is 76.1 cm³/mol. The molecule has 2 heterocycles. The van der Waals surface area contributed by atoms with Crippen molar-refractivity contribution in [1.82, 2.24) is 20.2 Å². The molecular formula is C15H20N4O2. The minimum absolute atomic E-state index is 0.0197. The molecule has 2 amide bonds. The van der Waals surface area contributed by atoms with Crippen molar-refractivity contribution in [2.75, 3.05) is 0 Å². The van der Waals surface area contributed by atoms with Crippen LogP contribution in [-0.4, -0.2) is 38.8 Å². The Bertz CT molecular complexity index is 553.